The fourth-order valence-electron chi connectivity index (χ4n) is 9.07. The number of ketones is 2. The van der Waals surface area contributed by atoms with E-state index in [1.807, 2.05) is 0 Å². The van der Waals surface area contributed by atoms with Gasteiger partial charge in [0.1, 0.15) is 35.7 Å². The number of aliphatic hydroxyl groups excluding tert-OH is 2. The standard InChI is InChI=1S/2C20H19F6N3O2/c2*21-19(22,23)12-1-2-14(27-9-12)29-5-3-10(4-6-29)17-15-11(8-28-17)7-13(30)18(31)16(15)20(24,25)26/h2*1-2,9-10,16,18,31H,3-8H2/t2*16-,18-/m10/s1. The van der Waals surface area contributed by atoms with Crippen molar-refractivity contribution in [2.75, 3.05) is 49.1 Å². The van der Waals surface area contributed by atoms with Crippen molar-refractivity contribution in [2.24, 2.45) is 33.7 Å². The molecular weight excluding hydrogens is 856 g/mol. The second-order valence-corrected chi connectivity index (χ2v) is 16.0. The summed E-state index contributed by atoms with van der Waals surface area (Å²) in [6.45, 7) is 1.62. The summed E-state index contributed by atoms with van der Waals surface area (Å²) in [5.41, 5.74) is -0.577. The first-order valence-corrected chi connectivity index (χ1v) is 19.6. The summed E-state index contributed by atoms with van der Waals surface area (Å²) in [6.07, 6.45) is -20.0. The van der Waals surface area contributed by atoms with E-state index in [0.717, 1.165) is 24.5 Å². The largest absolute Gasteiger partial charge is 0.417 e. The number of aliphatic hydroxyl groups is 2. The number of alkyl halides is 12. The highest BCUT2D eigenvalue weighted by Crippen LogP contribution is 2.47. The van der Waals surface area contributed by atoms with Gasteiger partial charge in [-0.25, -0.2) is 9.97 Å². The van der Waals surface area contributed by atoms with Gasteiger partial charge in [-0.15, -0.1) is 0 Å². The molecule has 0 spiro atoms. The maximum Gasteiger partial charge on any atom is 0.417 e. The molecular formula is C40H38F12N6O4. The number of rotatable bonds is 4. The van der Waals surface area contributed by atoms with Gasteiger partial charge in [-0.1, -0.05) is 0 Å². The zero-order valence-corrected chi connectivity index (χ0v) is 32.3. The Hall–Kier alpha value is -4.86. The van der Waals surface area contributed by atoms with Crippen molar-refractivity contribution in [3.63, 3.8) is 0 Å². The van der Waals surface area contributed by atoms with Crippen LogP contribution >= 0.6 is 0 Å². The van der Waals surface area contributed by atoms with E-state index in [4.69, 9.17) is 0 Å². The SMILES string of the molecule is O=C1CC2=C(C(C3CCN(c4ccc(C(F)(F)F)cn4)CC3)=NC2)[C@@H](C(F)(F)F)[C@@H]1O.O=C1CC2=C(C(C3CCN(c4ccc(C(F)(F)F)cn4)CC3)=NC2)[C@H](C(F)(F)F)[C@H]1O. The molecule has 6 aliphatic rings. The van der Waals surface area contributed by atoms with Gasteiger partial charge in [0.2, 0.25) is 0 Å². The quantitative estimate of drug-likeness (QED) is 0.310. The number of pyridine rings is 2. The molecule has 336 valence electrons. The lowest BCUT2D eigenvalue weighted by Crippen LogP contribution is -2.46. The van der Waals surface area contributed by atoms with Gasteiger partial charge in [-0.2, -0.15) is 52.7 Å². The van der Waals surface area contributed by atoms with Crippen molar-refractivity contribution >= 4 is 34.6 Å². The second kappa shape index (κ2) is 16.7. The van der Waals surface area contributed by atoms with Gasteiger partial charge in [0.05, 0.1) is 24.2 Å². The number of nitrogens with zero attached hydrogens (tertiary/aromatic N) is 6. The molecule has 2 aliphatic carbocycles. The van der Waals surface area contributed by atoms with Crippen LogP contribution in [0, 0.1) is 23.7 Å². The molecule has 62 heavy (non-hydrogen) atoms. The van der Waals surface area contributed by atoms with Crippen LogP contribution in [0.25, 0.3) is 0 Å². The van der Waals surface area contributed by atoms with E-state index in [9.17, 15) is 72.5 Å². The van der Waals surface area contributed by atoms with Gasteiger partial charge < -0.3 is 20.0 Å². The van der Waals surface area contributed by atoms with Crippen molar-refractivity contribution in [3.05, 3.63) is 70.1 Å². The van der Waals surface area contributed by atoms with Gasteiger partial charge in [-0.05, 0) is 72.2 Å². The minimum Gasteiger partial charge on any atom is -0.384 e. The third-order valence-corrected chi connectivity index (χ3v) is 12.1. The lowest BCUT2D eigenvalue weighted by molar-refractivity contribution is -0.191. The third-order valence-electron chi connectivity index (χ3n) is 12.1. The fourth-order valence-corrected chi connectivity index (χ4v) is 9.07. The van der Waals surface area contributed by atoms with Gasteiger partial charge in [0, 0.05) is 74.7 Å². The summed E-state index contributed by atoms with van der Waals surface area (Å²) in [5.74, 6) is -6.06. The summed E-state index contributed by atoms with van der Waals surface area (Å²) in [7, 11) is 0. The van der Waals surface area contributed by atoms with E-state index in [1.165, 1.54) is 12.1 Å². The number of Topliss-reactive ketones (excluding diaryl/α,β-unsaturated/α-hetero) is 2. The third kappa shape index (κ3) is 9.12. The van der Waals surface area contributed by atoms with Crippen molar-refractivity contribution < 1.29 is 72.5 Å². The van der Waals surface area contributed by atoms with Crippen LogP contribution < -0.4 is 9.80 Å². The minimum atomic E-state index is -4.77. The van der Waals surface area contributed by atoms with Crippen molar-refractivity contribution in [1.29, 1.82) is 0 Å². The van der Waals surface area contributed by atoms with Crippen LogP contribution in [0.1, 0.15) is 49.7 Å². The molecule has 0 bridgehead atoms. The Balaban J connectivity index is 0.000000186. The van der Waals surface area contributed by atoms with E-state index in [0.29, 0.717) is 86.1 Å². The first-order valence-electron chi connectivity index (χ1n) is 19.6. The maximum absolute atomic E-state index is 13.6. The van der Waals surface area contributed by atoms with E-state index in [1.54, 1.807) is 9.80 Å². The van der Waals surface area contributed by atoms with Crippen LogP contribution in [0.2, 0.25) is 0 Å². The molecule has 10 nitrogen and oxygen atoms in total. The highest BCUT2D eigenvalue weighted by molar-refractivity contribution is 6.09. The highest BCUT2D eigenvalue weighted by Gasteiger charge is 2.56. The molecule has 2 fully saturated rings. The van der Waals surface area contributed by atoms with Crippen molar-refractivity contribution in [2.45, 2.75) is 75.4 Å². The number of anilines is 2. The van der Waals surface area contributed by atoms with Crippen LogP contribution in [0.3, 0.4) is 0 Å². The summed E-state index contributed by atoms with van der Waals surface area (Å²) >= 11 is 0. The molecule has 22 heteroatoms. The topological polar surface area (TPSA) is 132 Å². The zero-order valence-electron chi connectivity index (χ0n) is 32.3. The Labute approximate surface area is 345 Å². The van der Waals surface area contributed by atoms with E-state index >= 15 is 0 Å². The molecule has 2 N–H and O–H groups in total. The monoisotopic (exact) mass is 894 g/mol. The van der Waals surface area contributed by atoms with Crippen molar-refractivity contribution in [1.82, 2.24) is 9.97 Å². The smallest absolute Gasteiger partial charge is 0.384 e. The maximum atomic E-state index is 13.6. The van der Waals surface area contributed by atoms with Crippen molar-refractivity contribution in [3.8, 4) is 0 Å². The first-order chi connectivity index (χ1) is 28.9. The molecule has 4 atom stereocenters. The highest BCUT2D eigenvalue weighted by atomic mass is 19.4. The molecule has 2 aromatic heterocycles. The normalized spacial score (nSPS) is 25.7. The molecule has 0 radical (unpaired) electrons. The predicted octanol–water partition coefficient (Wildman–Crippen LogP) is 7.16. The molecule has 8 rings (SSSR count). The Morgan fingerprint density at radius 2 is 0.871 bits per heavy atom. The molecule has 0 saturated carbocycles. The molecule has 0 unspecified atom stereocenters. The van der Waals surface area contributed by atoms with E-state index < -0.39 is 71.4 Å². The molecule has 6 heterocycles. The van der Waals surface area contributed by atoms with Crippen LogP contribution in [0.5, 0.6) is 0 Å². The van der Waals surface area contributed by atoms with E-state index in [2.05, 4.69) is 20.0 Å². The summed E-state index contributed by atoms with van der Waals surface area (Å²) in [4.78, 5) is 43.6. The Kier molecular flexibility index (Phi) is 12.2. The number of halogens is 12. The number of aromatic nitrogens is 2. The van der Waals surface area contributed by atoms with E-state index in [-0.39, 0.29) is 48.9 Å². The molecule has 2 aromatic rings. The first kappa shape index (κ1) is 45.2. The average molecular weight is 895 g/mol. The van der Waals surface area contributed by atoms with Gasteiger partial charge >= 0.3 is 24.7 Å². The van der Waals surface area contributed by atoms with Gasteiger partial charge in [0.15, 0.2) is 11.6 Å². The molecule has 2 saturated heterocycles. The minimum absolute atomic E-state index is 0.0242. The summed E-state index contributed by atoms with van der Waals surface area (Å²) < 4.78 is 158. The number of carbonyl (C=O) groups is 2. The average Bonchev–Trinajstić information content (AvgIpc) is 3.81. The Morgan fingerprint density at radius 1 is 0.532 bits per heavy atom. The summed E-state index contributed by atoms with van der Waals surface area (Å²) in [6, 6.07) is 4.45. The van der Waals surface area contributed by atoms with Crippen LogP contribution in [0.4, 0.5) is 64.3 Å². The molecule has 4 aliphatic heterocycles. The second-order valence-electron chi connectivity index (χ2n) is 16.0. The number of hydrogen-bond donors (Lipinski definition) is 2. The lowest BCUT2D eigenvalue weighted by atomic mass is 9.74. The van der Waals surface area contributed by atoms with Gasteiger partial charge in [0.25, 0.3) is 0 Å². The lowest BCUT2D eigenvalue weighted by Gasteiger charge is -2.36. The van der Waals surface area contributed by atoms with Gasteiger partial charge in [-0.3, -0.25) is 19.6 Å². The summed E-state index contributed by atoms with van der Waals surface area (Å²) in [5, 5.41) is 19.9. The number of hydrogen-bond acceptors (Lipinski definition) is 10. The van der Waals surface area contributed by atoms with Crippen LogP contribution in [-0.2, 0) is 21.9 Å². The number of piperidine rings is 2. The number of carbonyl (C=O) groups excluding carboxylic acids is 2. The molecule has 0 amide bonds. The Bertz CT molecular complexity index is 2010. The zero-order chi connectivity index (χ0) is 45.1. The predicted molar refractivity (Wildman–Crippen MR) is 197 cm³/mol. The fraction of sp³-hybridized carbons (Fsp3) is 0.550. The molecule has 0 aromatic carbocycles. The van der Waals surface area contributed by atoms with Crippen LogP contribution in [0.15, 0.2) is 68.9 Å². The number of aliphatic imine (C=N–C) groups is 2. The Morgan fingerprint density at radius 3 is 1.15 bits per heavy atom. The van der Waals surface area contributed by atoms with Crippen LogP contribution in [-0.4, -0.2) is 107 Å².